The van der Waals surface area contributed by atoms with Crippen LogP contribution in [0, 0.1) is 5.82 Å². The Hall–Kier alpha value is -1.86. The number of ether oxygens (including phenoxy) is 2. The number of esters is 1. The van der Waals surface area contributed by atoms with Gasteiger partial charge in [-0.1, -0.05) is 17.7 Å². The van der Waals surface area contributed by atoms with Crippen molar-refractivity contribution >= 4 is 23.7 Å². The lowest BCUT2D eigenvalue weighted by molar-refractivity contribution is -0.158. The van der Waals surface area contributed by atoms with Crippen LogP contribution in [0.25, 0.3) is 0 Å². The monoisotopic (exact) mass is 386 g/mol. The maximum atomic E-state index is 13.6. The Morgan fingerprint density at radius 3 is 2.54 bits per heavy atom. The number of halogens is 2. The summed E-state index contributed by atoms with van der Waals surface area (Å²) in [6, 6.07) is 4.43. The van der Waals surface area contributed by atoms with Gasteiger partial charge in [-0.15, -0.1) is 0 Å². The van der Waals surface area contributed by atoms with Crippen LogP contribution >= 0.6 is 11.6 Å². The van der Waals surface area contributed by atoms with E-state index in [0.29, 0.717) is 5.56 Å². The van der Waals surface area contributed by atoms with Gasteiger partial charge in [-0.25, -0.2) is 14.0 Å². The average molecular weight is 387 g/mol. The number of nitrogens with zero attached hydrogens (tertiary/aromatic N) is 1. The van der Waals surface area contributed by atoms with Crippen molar-refractivity contribution in [1.82, 2.24) is 10.2 Å². The van der Waals surface area contributed by atoms with Crippen molar-refractivity contribution in [1.29, 1.82) is 0 Å². The van der Waals surface area contributed by atoms with E-state index >= 15 is 0 Å². The Kier molecular flexibility index (Phi) is 6.13. The Balaban J connectivity index is 2.04. The van der Waals surface area contributed by atoms with Crippen LogP contribution in [0.2, 0.25) is 5.02 Å². The van der Waals surface area contributed by atoms with Crippen LogP contribution < -0.4 is 5.32 Å². The minimum absolute atomic E-state index is 0.0357. The first-order valence-corrected chi connectivity index (χ1v) is 8.78. The summed E-state index contributed by atoms with van der Waals surface area (Å²) in [5, 5.41) is 3.13. The molecule has 1 aromatic rings. The molecule has 1 heterocycles. The molecule has 0 aromatic heterocycles. The molecule has 1 amide bonds. The minimum atomic E-state index is -1.04. The molecule has 144 valence electrons. The SMILES string of the molecule is CCOC(=O)C1(NCc2ccc(Cl)c(F)c2)CN(C(=O)OC(C)(C)C)C1. The van der Waals surface area contributed by atoms with E-state index in [2.05, 4.69) is 5.32 Å². The molecule has 1 saturated heterocycles. The van der Waals surface area contributed by atoms with Gasteiger partial charge in [0.25, 0.3) is 0 Å². The van der Waals surface area contributed by atoms with Gasteiger partial charge in [0.15, 0.2) is 5.54 Å². The highest BCUT2D eigenvalue weighted by molar-refractivity contribution is 6.30. The number of likely N-dealkylation sites (tertiary alicyclic amines) is 1. The average Bonchev–Trinajstić information content (AvgIpc) is 2.48. The molecule has 8 heteroatoms. The zero-order valence-electron chi connectivity index (χ0n) is 15.4. The second-order valence-corrected chi connectivity index (χ2v) is 7.65. The van der Waals surface area contributed by atoms with Crippen molar-refractivity contribution in [3.05, 3.63) is 34.6 Å². The molecule has 1 fully saturated rings. The normalized spacial score (nSPS) is 16.0. The van der Waals surface area contributed by atoms with Crippen LogP contribution in [0.3, 0.4) is 0 Å². The molecule has 0 aliphatic carbocycles. The Bertz CT molecular complexity index is 684. The second kappa shape index (κ2) is 7.80. The summed E-state index contributed by atoms with van der Waals surface area (Å²) in [4.78, 5) is 25.9. The van der Waals surface area contributed by atoms with E-state index in [4.69, 9.17) is 21.1 Å². The molecule has 0 saturated carbocycles. The predicted octanol–water partition coefficient (Wildman–Crippen LogP) is 3.12. The first-order chi connectivity index (χ1) is 12.1. The van der Waals surface area contributed by atoms with Crippen LogP contribution in [0.15, 0.2) is 18.2 Å². The lowest BCUT2D eigenvalue weighted by Gasteiger charge is -2.48. The summed E-state index contributed by atoms with van der Waals surface area (Å²) in [6.07, 6.45) is -0.489. The minimum Gasteiger partial charge on any atom is -0.465 e. The lowest BCUT2D eigenvalue weighted by atomic mass is 9.89. The highest BCUT2D eigenvalue weighted by atomic mass is 35.5. The fraction of sp³-hybridized carbons (Fsp3) is 0.556. The molecule has 1 aromatic carbocycles. The van der Waals surface area contributed by atoms with E-state index < -0.39 is 29.0 Å². The number of carbonyl (C=O) groups is 2. The summed E-state index contributed by atoms with van der Waals surface area (Å²) in [5.41, 5.74) is -1.03. The topological polar surface area (TPSA) is 67.9 Å². The lowest BCUT2D eigenvalue weighted by Crippen LogP contribution is -2.74. The first-order valence-electron chi connectivity index (χ1n) is 8.40. The van der Waals surface area contributed by atoms with Crippen LogP contribution in [-0.2, 0) is 20.8 Å². The van der Waals surface area contributed by atoms with Gasteiger partial charge in [0, 0.05) is 6.54 Å². The largest absolute Gasteiger partial charge is 0.465 e. The quantitative estimate of drug-likeness (QED) is 0.787. The Morgan fingerprint density at radius 1 is 1.35 bits per heavy atom. The zero-order chi connectivity index (χ0) is 19.5. The van der Waals surface area contributed by atoms with Gasteiger partial charge in [0.1, 0.15) is 11.4 Å². The molecule has 26 heavy (non-hydrogen) atoms. The van der Waals surface area contributed by atoms with Gasteiger partial charge in [-0.05, 0) is 45.4 Å². The van der Waals surface area contributed by atoms with Crippen molar-refractivity contribution in [2.24, 2.45) is 0 Å². The summed E-state index contributed by atoms with van der Waals surface area (Å²) >= 11 is 5.68. The number of rotatable bonds is 5. The molecule has 0 radical (unpaired) electrons. The molecule has 2 rings (SSSR count). The van der Waals surface area contributed by atoms with Gasteiger partial charge in [0.05, 0.1) is 24.7 Å². The predicted molar refractivity (Wildman–Crippen MR) is 95.4 cm³/mol. The van der Waals surface area contributed by atoms with Gasteiger partial charge < -0.3 is 14.4 Å². The molecule has 1 aliphatic rings. The molecular weight excluding hydrogens is 363 g/mol. The number of carbonyl (C=O) groups excluding carboxylic acids is 2. The van der Waals surface area contributed by atoms with Gasteiger partial charge in [0.2, 0.25) is 0 Å². The molecule has 6 nitrogen and oxygen atoms in total. The molecule has 1 N–H and O–H groups in total. The van der Waals surface area contributed by atoms with Crippen molar-refractivity contribution in [3.8, 4) is 0 Å². The molecule has 0 unspecified atom stereocenters. The van der Waals surface area contributed by atoms with E-state index in [9.17, 15) is 14.0 Å². The first kappa shape index (κ1) is 20.5. The molecule has 1 aliphatic heterocycles. The summed E-state index contributed by atoms with van der Waals surface area (Å²) in [7, 11) is 0. The summed E-state index contributed by atoms with van der Waals surface area (Å²) < 4.78 is 24.0. The highest BCUT2D eigenvalue weighted by Gasteiger charge is 2.53. The second-order valence-electron chi connectivity index (χ2n) is 7.24. The smallest absolute Gasteiger partial charge is 0.410 e. The van der Waals surface area contributed by atoms with Crippen LogP contribution in [-0.4, -0.2) is 47.8 Å². The fourth-order valence-corrected chi connectivity index (χ4v) is 2.68. The number of nitrogens with one attached hydrogen (secondary N) is 1. The zero-order valence-corrected chi connectivity index (χ0v) is 16.2. The number of hydrogen-bond acceptors (Lipinski definition) is 5. The van der Waals surface area contributed by atoms with E-state index in [1.807, 2.05) is 0 Å². The summed E-state index contributed by atoms with van der Waals surface area (Å²) in [6.45, 7) is 7.74. The third kappa shape index (κ3) is 4.86. The van der Waals surface area contributed by atoms with E-state index in [0.717, 1.165) is 0 Å². The van der Waals surface area contributed by atoms with Crippen LogP contribution in [0.5, 0.6) is 0 Å². The van der Waals surface area contributed by atoms with Gasteiger partial charge in [-0.2, -0.15) is 0 Å². The number of hydrogen-bond donors (Lipinski definition) is 1. The third-order valence-corrected chi connectivity index (χ3v) is 4.16. The van der Waals surface area contributed by atoms with Gasteiger partial charge >= 0.3 is 12.1 Å². The number of benzene rings is 1. The third-order valence-electron chi connectivity index (χ3n) is 3.85. The molecule has 0 atom stereocenters. The van der Waals surface area contributed by atoms with E-state index in [1.165, 1.54) is 17.0 Å². The van der Waals surface area contributed by atoms with Crippen molar-refractivity contribution in [2.75, 3.05) is 19.7 Å². The molecular formula is C18H24ClFN2O4. The van der Waals surface area contributed by atoms with Crippen molar-refractivity contribution < 1.29 is 23.5 Å². The van der Waals surface area contributed by atoms with E-state index in [-0.39, 0.29) is 31.3 Å². The van der Waals surface area contributed by atoms with Crippen LogP contribution in [0.4, 0.5) is 9.18 Å². The molecule has 0 bridgehead atoms. The number of amides is 1. The summed E-state index contributed by atoms with van der Waals surface area (Å²) in [5.74, 6) is -0.977. The Morgan fingerprint density at radius 2 is 2.00 bits per heavy atom. The van der Waals surface area contributed by atoms with Crippen molar-refractivity contribution in [2.45, 2.75) is 45.4 Å². The van der Waals surface area contributed by atoms with Crippen LogP contribution in [0.1, 0.15) is 33.3 Å². The molecule has 0 spiro atoms. The maximum Gasteiger partial charge on any atom is 0.410 e. The fourth-order valence-electron chi connectivity index (χ4n) is 2.56. The highest BCUT2D eigenvalue weighted by Crippen LogP contribution is 2.26. The van der Waals surface area contributed by atoms with Gasteiger partial charge in [-0.3, -0.25) is 5.32 Å². The van der Waals surface area contributed by atoms with Crippen molar-refractivity contribution in [3.63, 3.8) is 0 Å². The standard InChI is InChI=1S/C18H24ClFN2O4/c1-5-25-15(23)18(10-22(11-18)16(24)26-17(2,3)4)21-9-12-6-7-13(19)14(20)8-12/h6-8,21H,5,9-11H2,1-4H3. The Labute approximate surface area is 157 Å². The van der Waals surface area contributed by atoms with E-state index in [1.54, 1.807) is 33.8 Å². The maximum absolute atomic E-state index is 13.6.